The average molecular weight is 435 g/mol. The lowest BCUT2D eigenvalue weighted by atomic mass is 10.0. The molecule has 1 atom stereocenters. The van der Waals surface area contributed by atoms with Crippen LogP contribution in [0.5, 0.6) is 0 Å². The van der Waals surface area contributed by atoms with Gasteiger partial charge in [-0.25, -0.2) is 0 Å². The molecule has 0 fully saturated rings. The number of hydrogen-bond donors (Lipinski definition) is 6. The summed E-state index contributed by atoms with van der Waals surface area (Å²) in [6.07, 6.45) is 2.66. The highest BCUT2D eigenvalue weighted by Gasteiger charge is 2.22. The lowest BCUT2D eigenvalue weighted by Gasteiger charge is -2.23. The molecule has 168 valence electrons. The summed E-state index contributed by atoms with van der Waals surface area (Å²) in [6, 6.07) is 14.5. The number of para-hydroxylation sites is 1. The van der Waals surface area contributed by atoms with Gasteiger partial charge in [0.15, 0.2) is 0 Å². The van der Waals surface area contributed by atoms with Crippen LogP contribution in [0.1, 0.15) is 25.0 Å². The van der Waals surface area contributed by atoms with Gasteiger partial charge in [-0.05, 0) is 36.1 Å². The van der Waals surface area contributed by atoms with Crippen LogP contribution in [0.2, 0.25) is 0 Å². The molecule has 8 heteroatoms. The van der Waals surface area contributed by atoms with Crippen LogP contribution < -0.4 is 21.7 Å². The largest absolute Gasteiger partial charge is 0.384 e. The predicted octanol–water partition coefficient (Wildman–Crippen LogP) is 2.36. The van der Waals surface area contributed by atoms with E-state index >= 15 is 0 Å². The van der Waals surface area contributed by atoms with Crippen LogP contribution in [-0.2, 0) is 16.0 Å². The number of nitrogens with one attached hydrogen (secondary N) is 5. The van der Waals surface area contributed by atoms with Crippen molar-refractivity contribution in [2.45, 2.75) is 26.3 Å². The van der Waals surface area contributed by atoms with Crippen molar-refractivity contribution in [1.82, 2.24) is 15.6 Å². The highest BCUT2D eigenvalue weighted by atomic mass is 16.2. The maximum Gasteiger partial charge on any atom is 0.243 e. The number of carbonyl (C=O) groups excluding carboxylic acids is 2. The molecule has 0 saturated heterocycles. The molecule has 2 aromatic carbocycles. The van der Waals surface area contributed by atoms with Crippen LogP contribution in [0.3, 0.4) is 0 Å². The van der Waals surface area contributed by atoms with Gasteiger partial charge in [-0.2, -0.15) is 0 Å². The standard InChI is InChI=1S/C24H30N6O2/c1-15(2)22(30-18-7-5-6-16(12-18)23(25)26)24(32)29-14-21(31)27-11-10-17-13-28-20-9-4-3-8-19(17)20/h3-9,12-13,15,22,28,30H,10-11,14H2,1-2H3,(H3,25,26)(H,27,31)(H,29,32). The SMILES string of the molecule is CC(C)C(Nc1cccc(C(=N)N)c1)C(=O)NCC(=O)NCCc1c[nH]c2ccccc12. The molecule has 0 aliphatic rings. The van der Waals surface area contributed by atoms with Crippen LogP contribution in [0.25, 0.3) is 10.9 Å². The summed E-state index contributed by atoms with van der Waals surface area (Å²) in [4.78, 5) is 28.1. The zero-order chi connectivity index (χ0) is 23.1. The van der Waals surface area contributed by atoms with E-state index < -0.39 is 6.04 Å². The van der Waals surface area contributed by atoms with Crippen LogP contribution >= 0.6 is 0 Å². The van der Waals surface area contributed by atoms with Crippen molar-refractivity contribution in [2.24, 2.45) is 11.7 Å². The minimum absolute atomic E-state index is 0.0130. The number of benzene rings is 2. The fourth-order valence-electron chi connectivity index (χ4n) is 3.51. The molecule has 0 radical (unpaired) electrons. The molecule has 2 amide bonds. The molecule has 7 N–H and O–H groups in total. The second-order valence-corrected chi connectivity index (χ2v) is 8.04. The molecule has 8 nitrogen and oxygen atoms in total. The van der Waals surface area contributed by atoms with E-state index in [1.807, 2.05) is 50.4 Å². The van der Waals surface area contributed by atoms with Gasteiger partial charge in [-0.1, -0.05) is 44.2 Å². The molecule has 0 spiro atoms. The molecule has 3 rings (SSSR count). The summed E-state index contributed by atoms with van der Waals surface area (Å²) in [7, 11) is 0. The Morgan fingerprint density at radius 3 is 2.62 bits per heavy atom. The van der Waals surface area contributed by atoms with Gasteiger partial charge in [-0.15, -0.1) is 0 Å². The van der Waals surface area contributed by atoms with Gasteiger partial charge in [0, 0.05) is 34.9 Å². The van der Waals surface area contributed by atoms with Gasteiger partial charge in [0.05, 0.1) is 6.54 Å². The number of nitrogen functional groups attached to an aromatic ring is 1. The van der Waals surface area contributed by atoms with E-state index in [9.17, 15) is 9.59 Å². The molecular formula is C24H30N6O2. The number of fused-ring (bicyclic) bond motifs is 1. The minimum Gasteiger partial charge on any atom is -0.384 e. The number of aromatic amines is 1. The Bertz CT molecular complexity index is 1100. The van der Waals surface area contributed by atoms with E-state index in [1.54, 1.807) is 18.2 Å². The van der Waals surface area contributed by atoms with Crippen molar-refractivity contribution in [3.63, 3.8) is 0 Å². The number of H-pyrrole nitrogens is 1. The summed E-state index contributed by atoms with van der Waals surface area (Å²) in [5.74, 6) is -0.552. The quantitative estimate of drug-likeness (QED) is 0.216. The van der Waals surface area contributed by atoms with E-state index in [0.29, 0.717) is 24.2 Å². The highest BCUT2D eigenvalue weighted by molar-refractivity contribution is 5.96. The summed E-state index contributed by atoms with van der Waals surface area (Å²) in [6.45, 7) is 4.24. The second kappa shape index (κ2) is 10.5. The first-order chi connectivity index (χ1) is 15.3. The molecule has 3 aromatic rings. The summed E-state index contributed by atoms with van der Waals surface area (Å²) in [5, 5.41) is 17.4. The lowest BCUT2D eigenvalue weighted by Crippen LogP contribution is -2.46. The van der Waals surface area contributed by atoms with E-state index in [2.05, 4.69) is 20.9 Å². The second-order valence-electron chi connectivity index (χ2n) is 8.04. The van der Waals surface area contributed by atoms with Crippen molar-refractivity contribution in [3.05, 3.63) is 65.9 Å². The number of nitrogens with two attached hydrogens (primary N) is 1. The Labute approximate surface area is 187 Å². The van der Waals surface area contributed by atoms with Crippen LogP contribution in [0.4, 0.5) is 5.69 Å². The fraction of sp³-hybridized carbons (Fsp3) is 0.292. The molecule has 32 heavy (non-hydrogen) atoms. The van der Waals surface area contributed by atoms with Crippen molar-refractivity contribution < 1.29 is 9.59 Å². The van der Waals surface area contributed by atoms with Crippen LogP contribution in [0, 0.1) is 11.3 Å². The fourth-order valence-corrected chi connectivity index (χ4v) is 3.51. The maximum atomic E-state index is 12.7. The van der Waals surface area contributed by atoms with Crippen molar-refractivity contribution in [2.75, 3.05) is 18.4 Å². The number of amidine groups is 1. The third-order valence-electron chi connectivity index (χ3n) is 5.26. The summed E-state index contributed by atoms with van der Waals surface area (Å²) >= 11 is 0. The number of rotatable bonds is 10. The normalized spacial score (nSPS) is 11.8. The van der Waals surface area contributed by atoms with Crippen molar-refractivity contribution in [3.8, 4) is 0 Å². The molecular weight excluding hydrogens is 404 g/mol. The van der Waals surface area contributed by atoms with Crippen LogP contribution in [-0.4, -0.2) is 41.8 Å². The number of hydrogen-bond acceptors (Lipinski definition) is 4. The monoisotopic (exact) mass is 434 g/mol. The number of aromatic nitrogens is 1. The highest BCUT2D eigenvalue weighted by Crippen LogP contribution is 2.18. The van der Waals surface area contributed by atoms with Crippen molar-refractivity contribution >= 4 is 34.2 Å². The van der Waals surface area contributed by atoms with Gasteiger partial charge in [0.2, 0.25) is 11.8 Å². The molecule has 1 heterocycles. The Morgan fingerprint density at radius 2 is 1.88 bits per heavy atom. The lowest BCUT2D eigenvalue weighted by molar-refractivity contribution is -0.127. The van der Waals surface area contributed by atoms with Gasteiger partial charge in [0.1, 0.15) is 11.9 Å². The van der Waals surface area contributed by atoms with Gasteiger partial charge in [-0.3, -0.25) is 15.0 Å². The third kappa shape index (κ3) is 5.87. The average Bonchev–Trinajstić information content (AvgIpc) is 3.19. The Kier molecular flexibility index (Phi) is 7.49. The van der Waals surface area contributed by atoms with E-state index in [4.69, 9.17) is 11.1 Å². The smallest absolute Gasteiger partial charge is 0.243 e. The topological polar surface area (TPSA) is 136 Å². The number of amides is 2. The Hall–Kier alpha value is -3.81. The van der Waals surface area contributed by atoms with Crippen molar-refractivity contribution in [1.29, 1.82) is 5.41 Å². The first-order valence-electron chi connectivity index (χ1n) is 10.7. The third-order valence-corrected chi connectivity index (χ3v) is 5.26. The van der Waals surface area contributed by atoms with Gasteiger partial charge >= 0.3 is 0 Å². The van der Waals surface area contributed by atoms with E-state index in [0.717, 1.165) is 16.5 Å². The Balaban J connectivity index is 1.48. The van der Waals surface area contributed by atoms with E-state index in [1.165, 1.54) is 0 Å². The zero-order valence-corrected chi connectivity index (χ0v) is 18.4. The van der Waals surface area contributed by atoms with Crippen LogP contribution in [0.15, 0.2) is 54.7 Å². The Morgan fingerprint density at radius 1 is 1.09 bits per heavy atom. The molecule has 0 aliphatic heterocycles. The molecule has 1 aromatic heterocycles. The maximum absolute atomic E-state index is 12.7. The summed E-state index contributed by atoms with van der Waals surface area (Å²) in [5.41, 5.74) is 9.02. The number of carbonyl (C=O) groups is 2. The first-order valence-corrected chi connectivity index (χ1v) is 10.7. The number of anilines is 1. The first kappa shape index (κ1) is 22.9. The molecule has 0 aliphatic carbocycles. The predicted molar refractivity (Wildman–Crippen MR) is 128 cm³/mol. The van der Waals surface area contributed by atoms with Gasteiger partial charge < -0.3 is 26.7 Å². The minimum atomic E-state index is -0.531. The van der Waals surface area contributed by atoms with E-state index in [-0.39, 0.29) is 30.1 Å². The summed E-state index contributed by atoms with van der Waals surface area (Å²) < 4.78 is 0. The molecule has 0 saturated carbocycles. The molecule has 1 unspecified atom stereocenters. The molecule has 0 bridgehead atoms. The van der Waals surface area contributed by atoms with Gasteiger partial charge in [0.25, 0.3) is 0 Å². The zero-order valence-electron chi connectivity index (χ0n) is 18.4.